The van der Waals surface area contributed by atoms with Crippen LogP contribution in [-0.4, -0.2) is 51.6 Å². The first kappa shape index (κ1) is 16.4. The smallest absolute Gasteiger partial charge is 0.280 e. The highest BCUT2D eigenvalue weighted by Gasteiger charge is 2.42. The first-order valence-electron chi connectivity index (χ1n) is 8.44. The summed E-state index contributed by atoms with van der Waals surface area (Å²) in [4.78, 5) is 44.5. The first-order valence-corrected chi connectivity index (χ1v) is 8.44. The molecule has 0 N–H and O–H groups in total. The molecule has 7 heteroatoms. The van der Waals surface area contributed by atoms with E-state index in [1.54, 1.807) is 17.0 Å². The van der Waals surface area contributed by atoms with Gasteiger partial charge >= 0.3 is 0 Å². The van der Waals surface area contributed by atoms with E-state index in [0.29, 0.717) is 37.1 Å². The van der Waals surface area contributed by atoms with Gasteiger partial charge in [-0.25, -0.2) is 4.39 Å². The van der Waals surface area contributed by atoms with Gasteiger partial charge in [-0.1, -0.05) is 0 Å². The molecule has 26 heavy (non-hydrogen) atoms. The molecule has 0 bridgehead atoms. The molecule has 3 heterocycles. The topological polar surface area (TPSA) is 70.6 Å². The van der Waals surface area contributed by atoms with Crippen molar-refractivity contribution in [1.29, 1.82) is 0 Å². The molecule has 0 radical (unpaired) electrons. The van der Waals surface area contributed by atoms with Gasteiger partial charge in [0.2, 0.25) is 0 Å². The van der Waals surface area contributed by atoms with Gasteiger partial charge in [-0.2, -0.15) is 0 Å². The van der Waals surface area contributed by atoms with Crippen molar-refractivity contribution >= 4 is 17.7 Å². The summed E-state index contributed by atoms with van der Waals surface area (Å²) in [6, 6.07) is 8.42. The monoisotopic (exact) mass is 353 g/mol. The van der Waals surface area contributed by atoms with E-state index >= 15 is 0 Å². The number of imide groups is 1. The van der Waals surface area contributed by atoms with Crippen LogP contribution in [0.4, 0.5) is 4.39 Å². The Morgan fingerprint density at radius 3 is 2.38 bits per heavy atom. The number of amides is 3. The summed E-state index contributed by atoms with van der Waals surface area (Å²) in [5, 5.41) is 0. The molecule has 0 saturated carbocycles. The summed E-state index contributed by atoms with van der Waals surface area (Å²) in [5.74, 6) is -1.25. The van der Waals surface area contributed by atoms with Crippen molar-refractivity contribution in [1.82, 2.24) is 14.8 Å². The van der Waals surface area contributed by atoms with Crippen LogP contribution in [0.2, 0.25) is 0 Å². The molecule has 1 fully saturated rings. The molecule has 6 nitrogen and oxygen atoms in total. The van der Waals surface area contributed by atoms with Crippen molar-refractivity contribution in [2.75, 3.05) is 13.1 Å². The second kappa shape index (κ2) is 6.33. The van der Waals surface area contributed by atoms with Crippen molar-refractivity contribution in [2.24, 2.45) is 0 Å². The molecule has 0 aliphatic carbocycles. The van der Waals surface area contributed by atoms with Gasteiger partial charge in [-0.05, 0) is 49.2 Å². The van der Waals surface area contributed by atoms with Crippen LogP contribution in [0.1, 0.15) is 44.0 Å². The Morgan fingerprint density at radius 1 is 1.04 bits per heavy atom. The highest BCUT2D eigenvalue weighted by molar-refractivity contribution is 6.20. The van der Waals surface area contributed by atoms with E-state index in [9.17, 15) is 18.8 Å². The Labute approximate surface area is 149 Å². The predicted molar refractivity (Wildman–Crippen MR) is 90.1 cm³/mol. The van der Waals surface area contributed by atoms with Crippen molar-refractivity contribution in [3.05, 3.63) is 65.2 Å². The number of carbonyl (C=O) groups excluding carboxylic acids is 3. The van der Waals surface area contributed by atoms with Gasteiger partial charge < -0.3 is 4.90 Å². The number of carbonyl (C=O) groups is 3. The molecule has 3 amide bonds. The second-order valence-corrected chi connectivity index (χ2v) is 6.41. The summed E-state index contributed by atoms with van der Waals surface area (Å²) in [6.07, 6.45) is 2.52. The molecule has 2 aliphatic heterocycles. The average Bonchev–Trinajstić information content (AvgIpc) is 2.93. The van der Waals surface area contributed by atoms with E-state index in [4.69, 9.17) is 0 Å². The normalized spacial score (nSPS) is 17.6. The standard InChI is InChI=1S/C19H16FN3O3/c20-13-5-3-12(4-6-13)17(24)22-10-7-14(8-11-22)23-18(25)15-2-1-9-21-16(15)19(23)26/h1-6,9,14H,7-8,10-11H2. The molecule has 2 aromatic rings. The molecule has 2 aliphatic rings. The van der Waals surface area contributed by atoms with Gasteiger partial charge in [0.25, 0.3) is 17.7 Å². The van der Waals surface area contributed by atoms with Gasteiger partial charge in [0, 0.05) is 30.9 Å². The first-order chi connectivity index (χ1) is 12.6. The zero-order valence-electron chi connectivity index (χ0n) is 13.9. The molecule has 1 aromatic heterocycles. The van der Waals surface area contributed by atoms with Crippen LogP contribution in [0.15, 0.2) is 42.6 Å². The minimum atomic E-state index is -0.389. The number of fused-ring (bicyclic) bond motifs is 1. The van der Waals surface area contributed by atoms with E-state index in [2.05, 4.69) is 4.98 Å². The number of benzene rings is 1. The Balaban J connectivity index is 1.44. The van der Waals surface area contributed by atoms with Crippen LogP contribution in [0.5, 0.6) is 0 Å². The molecule has 1 aromatic carbocycles. The molecule has 4 rings (SSSR count). The van der Waals surface area contributed by atoms with Crippen LogP contribution in [0, 0.1) is 5.82 Å². The lowest BCUT2D eigenvalue weighted by Gasteiger charge is -2.35. The fraction of sp³-hybridized carbons (Fsp3) is 0.263. The predicted octanol–water partition coefficient (Wildman–Crippen LogP) is 2.12. The van der Waals surface area contributed by atoms with Gasteiger partial charge in [0.15, 0.2) is 0 Å². The zero-order valence-corrected chi connectivity index (χ0v) is 13.9. The number of pyridine rings is 1. The Morgan fingerprint density at radius 2 is 1.73 bits per heavy atom. The molecule has 1 saturated heterocycles. The Hall–Kier alpha value is -3.09. The quantitative estimate of drug-likeness (QED) is 0.776. The molecule has 0 unspecified atom stereocenters. The van der Waals surface area contributed by atoms with Crippen molar-refractivity contribution in [3.63, 3.8) is 0 Å². The summed E-state index contributed by atoms with van der Waals surface area (Å²) in [5.41, 5.74) is 0.958. The van der Waals surface area contributed by atoms with E-state index in [0.717, 1.165) is 0 Å². The maximum Gasteiger partial charge on any atom is 0.280 e. The molecule has 132 valence electrons. The highest BCUT2D eigenvalue weighted by atomic mass is 19.1. The van der Waals surface area contributed by atoms with Crippen LogP contribution in [0.3, 0.4) is 0 Å². The Bertz CT molecular complexity index is 854. The average molecular weight is 353 g/mol. The third-order valence-electron chi connectivity index (χ3n) is 4.89. The van der Waals surface area contributed by atoms with E-state index in [-0.39, 0.29) is 35.3 Å². The maximum absolute atomic E-state index is 13.0. The van der Waals surface area contributed by atoms with Crippen molar-refractivity contribution in [3.8, 4) is 0 Å². The molecule has 0 atom stereocenters. The number of piperidine rings is 1. The number of aromatic nitrogens is 1. The van der Waals surface area contributed by atoms with Crippen molar-refractivity contribution < 1.29 is 18.8 Å². The van der Waals surface area contributed by atoms with Gasteiger partial charge in [0.1, 0.15) is 11.5 Å². The number of rotatable bonds is 2. The summed E-state index contributed by atoms with van der Waals surface area (Å²) in [7, 11) is 0. The van der Waals surface area contributed by atoms with Crippen molar-refractivity contribution in [2.45, 2.75) is 18.9 Å². The molecular formula is C19H16FN3O3. The number of hydrogen-bond donors (Lipinski definition) is 0. The number of halogens is 1. The highest BCUT2D eigenvalue weighted by Crippen LogP contribution is 2.27. The molecule has 0 spiro atoms. The van der Waals surface area contributed by atoms with Gasteiger partial charge in [-0.15, -0.1) is 0 Å². The number of nitrogens with zero attached hydrogens (tertiary/aromatic N) is 3. The third kappa shape index (κ3) is 2.65. The minimum absolute atomic E-state index is 0.174. The SMILES string of the molecule is O=C(c1ccc(F)cc1)N1CCC(N2C(=O)c3cccnc3C2=O)CC1. The van der Waals surface area contributed by atoms with Crippen LogP contribution in [0.25, 0.3) is 0 Å². The fourth-order valence-electron chi connectivity index (χ4n) is 3.52. The van der Waals surface area contributed by atoms with E-state index in [1.807, 2.05) is 0 Å². The lowest BCUT2D eigenvalue weighted by molar-refractivity contribution is 0.0477. The van der Waals surface area contributed by atoms with Gasteiger partial charge in [-0.3, -0.25) is 24.3 Å². The van der Waals surface area contributed by atoms with Crippen LogP contribution < -0.4 is 0 Å². The fourth-order valence-corrected chi connectivity index (χ4v) is 3.52. The summed E-state index contributed by atoms with van der Waals surface area (Å²) < 4.78 is 13.0. The lowest BCUT2D eigenvalue weighted by Crippen LogP contribution is -2.48. The second-order valence-electron chi connectivity index (χ2n) is 6.41. The Kier molecular flexibility index (Phi) is 3.99. The summed E-state index contributed by atoms with van der Waals surface area (Å²) >= 11 is 0. The number of hydrogen-bond acceptors (Lipinski definition) is 4. The lowest BCUT2D eigenvalue weighted by atomic mass is 10.0. The summed E-state index contributed by atoms with van der Waals surface area (Å²) in [6.45, 7) is 0.865. The van der Waals surface area contributed by atoms with E-state index < -0.39 is 0 Å². The van der Waals surface area contributed by atoms with Gasteiger partial charge in [0.05, 0.1) is 5.56 Å². The third-order valence-corrected chi connectivity index (χ3v) is 4.89. The largest absolute Gasteiger partial charge is 0.338 e. The molecular weight excluding hydrogens is 337 g/mol. The zero-order chi connectivity index (χ0) is 18.3. The van der Waals surface area contributed by atoms with Crippen LogP contribution >= 0.6 is 0 Å². The van der Waals surface area contributed by atoms with Crippen LogP contribution in [-0.2, 0) is 0 Å². The van der Waals surface area contributed by atoms with E-state index in [1.165, 1.54) is 35.4 Å². The maximum atomic E-state index is 13.0. The number of likely N-dealkylation sites (tertiary alicyclic amines) is 1. The minimum Gasteiger partial charge on any atom is -0.338 e.